The topological polar surface area (TPSA) is 41.1 Å². The lowest BCUT2D eigenvalue weighted by atomic mass is 9.85. The van der Waals surface area contributed by atoms with E-state index in [1.165, 1.54) is 44.9 Å². The van der Waals surface area contributed by atoms with E-state index < -0.39 is 0 Å². The molecule has 3 heteroatoms. The molecule has 0 aromatic heterocycles. The lowest BCUT2D eigenvalue weighted by Crippen LogP contribution is -2.44. The smallest absolute Gasteiger partial charge is 0.315 e. The maximum Gasteiger partial charge on any atom is 0.315 e. The molecular formula is C13H24N2O. The van der Waals surface area contributed by atoms with Crippen LogP contribution in [-0.2, 0) is 0 Å². The number of rotatable bonds is 3. The number of carbonyl (C=O) groups excluding carboxylic acids is 1. The predicted octanol–water partition coefficient (Wildman–Crippen LogP) is 2.81. The highest BCUT2D eigenvalue weighted by Crippen LogP contribution is 2.25. The molecule has 2 saturated carbocycles. The zero-order chi connectivity index (χ0) is 11.2. The zero-order valence-corrected chi connectivity index (χ0v) is 10.1. The van der Waals surface area contributed by atoms with Crippen molar-refractivity contribution in [3.63, 3.8) is 0 Å². The molecule has 92 valence electrons. The Morgan fingerprint density at radius 2 is 1.62 bits per heavy atom. The molecule has 0 aromatic carbocycles. The first kappa shape index (κ1) is 11.7. The third kappa shape index (κ3) is 3.69. The highest BCUT2D eigenvalue weighted by atomic mass is 16.2. The van der Waals surface area contributed by atoms with Gasteiger partial charge in [0.15, 0.2) is 0 Å². The van der Waals surface area contributed by atoms with Crippen LogP contribution in [0.15, 0.2) is 0 Å². The number of urea groups is 1. The highest BCUT2D eigenvalue weighted by Gasteiger charge is 2.19. The van der Waals surface area contributed by atoms with Crippen molar-refractivity contribution in [2.24, 2.45) is 5.92 Å². The van der Waals surface area contributed by atoms with Crippen LogP contribution in [0.25, 0.3) is 0 Å². The van der Waals surface area contributed by atoms with E-state index >= 15 is 0 Å². The summed E-state index contributed by atoms with van der Waals surface area (Å²) in [6.45, 7) is 0.874. The van der Waals surface area contributed by atoms with Crippen LogP contribution in [0.1, 0.15) is 57.8 Å². The minimum atomic E-state index is 0.0544. The van der Waals surface area contributed by atoms with E-state index in [1.54, 1.807) is 0 Å². The summed E-state index contributed by atoms with van der Waals surface area (Å²) in [4.78, 5) is 11.6. The molecule has 3 nitrogen and oxygen atoms in total. The molecule has 2 amide bonds. The van der Waals surface area contributed by atoms with Crippen molar-refractivity contribution >= 4 is 6.03 Å². The van der Waals surface area contributed by atoms with Crippen molar-refractivity contribution in [1.29, 1.82) is 0 Å². The Labute approximate surface area is 98.4 Å². The van der Waals surface area contributed by atoms with Gasteiger partial charge in [0.2, 0.25) is 0 Å². The van der Waals surface area contributed by atoms with Crippen LogP contribution < -0.4 is 10.6 Å². The Kier molecular flexibility index (Phi) is 4.49. The summed E-state index contributed by atoms with van der Waals surface area (Å²) in [5.74, 6) is 0.750. The molecule has 16 heavy (non-hydrogen) atoms. The van der Waals surface area contributed by atoms with Crippen LogP contribution in [0.3, 0.4) is 0 Å². The molecule has 0 bridgehead atoms. The van der Waals surface area contributed by atoms with Crippen molar-refractivity contribution < 1.29 is 4.79 Å². The number of carbonyl (C=O) groups is 1. The standard InChI is InChI=1S/C13H24N2O/c16-13(14-10-11-6-5-7-11)15-12-8-3-1-2-4-9-12/h11-12H,1-10H2,(H2,14,15,16). The fourth-order valence-corrected chi connectivity index (χ4v) is 2.59. The highest BCUT2D eigenvalue weighted by molar-refractivity contribution is 5.74. The second-order valence-electron chi connectivity index (χ2n) is 5.34. The lowest BCUT2D eigenvalue weighted by molar-refractivity contribution is 0.227. The second kappa shape index (κ2) is 6.12. The predicted molar refractivity (Wildman–Crippen MR) is 65.4 cm³/mol. The van der Waals surface area contributed by atoms with Gasteiger partial charge in [-0.3, -0.25) is 0 Å². The van der Waals surface area contributed by atoms with E-state index in [4.69, 9.17) is 0 Å². The Hall–Kier alpha value is -0.730. The van der Waals surface area contributed by atoms with Gasteiger partial charge in [0.25, 0.3) is 0 Å². The summed E-state index contributed by atoms with van der Waals surface area (Å²) in [5, 5.41) is 6.11. The first-order valence-corrected chi connectivity index (χ1v) is 6.89. The van der Waals surface area contributed by atoms with Crippen LogP contribution in [0, 0.1) is 5.92 Å². The van der Waals surface area contributed by atoms with Crippen LogP contribution in [0.5, 0.6) is 0 Å². The summed E-state index contributed by atoms with van der Waals surface area (Å²) < 4.78 is 0. The van der Waals surface area contributed by atoms with Gasteiger partial charge in [0, 0.05) is 12.6 Å². The summed E-state index contributed by atoms with van der Waals surface area (Å²) in [6, 6.07) is 0.475. The molecule has 2 rings (SSSR count). The van der Waals surface area contributed by atoms with Crippen molar-refractivity contribution in [2.75, 3.05) is 6.54 Å². The van der Waals surface area contributed by atoms with Crippen molar-refractivity contribution in [3.8, 4) is 0 Å². The average Bonchev–Trinajstić information content (AvgIpc) is 2.44. The Morgan fingerprint density at radius 3 is 2.19 bits per heavy atom. The van der Waals surface area contributed by atoms with E-state index in [2.05, 4.69) is 10.6 Å². The largest absolute Gasteiger partial charge is 0.338 e. The van der Waals surface area contributed by atoms with Gasteiger partial charge in [-0.2, -0.15) is 0 Å². The third-order valence-electron chi connectivity index (χ3n) is 3.97. The van der Waals surface area contributed by atoms with E-state index in [9.17, 15) is 4.79 Å². The maximum atomic E-state index is 11.6. The molecule has 2 aliphatic carbocycles. The molecule has 2 fully saturated rings. The van der Waals surface area contributed by atoms with Gasteiger partial charge in [-0.05, 0) is 31.6 Å². The number of hydrogen-bond acceptors (Lipinski definition) is 1. The van der Waals surface area contributed by atoms with Crippen molar-refractivity contribution in [1.82, 2.24) is 10.6 Å². The Bertz CT molecular complexity index is 218. The minimum Gasteiger partial charge on any atom is -0.338 e. The fraction of sp³-hybridized carbons (Fsp3) is 0.923. The molecule has 0 aliphatic heterocycles. The summed E-state index contributed by atoms with van der Waals surface area (Å²) in [7, 11) is 0. The first-order chi connectivity index (χ1) is 7.84. The first-order valence-electron chi connectivity index (χ1n) is 6.89. The van der Waals surface area contributed by atoms with Gasteiger partial charge in [-0.1, -0.05) is 32.1 Å². The molecule has 0 saturated heterocycles. The van der Waals surface area contributed by atoms with Crippen LogP contribution >= 0.6 is 0 Å². The summed E-state index contributed by atoms with van der Waals surface area (Å²) >= 11 is 0. The van der Waals surface area contributed by atoms with Gasteiger partial charge >= 0.3 is 6.03 Å². The monoisotopic (exact) mass is 224 g/mol. The zero-order valence-electron chi connectivity index (χ0n) is 10.1. The van der Waals surface area contributed by atoms with E-state index in [0.29, 0.717) is 6.04 Å². The lowest BCUT2D eigenvalue weighted by Gasteiger charge is -2.26. The van der Waals surface area contributed by atoms with Crippen molar-refractivity contribution in [2.45, 2.75) is 63.8 Å². The Morgan fingerprint density at radius 1 is 0.938 bits per heavy atom. The fourth-order valence-electron chi connectivity index (χ4n) is 2.59. The van der Waals surface area contributed by atoms with Gasteiger partial charge in [-0.25, -0.2) is 4.79 Å². The number of nitrogens with one attached hydrogen (secondary N) is 2. The molecule has 0 spiro atoms. The van der Waals surface area contributed by atoms with Gasteiger partial charge in [-0.15, -0.1) is 0 Å². The van der Waals surface area contributed by atoms with Gasteiger partial charge in [0.1, 0.15) is 0 Å². The molecule has 0 unspecified atom stereocenters. The SMILES string of the molecule is O=C(NCC1CCC1)NC1CCCCCC1. The van der Waals surface area contributed by atoms with Gasteiger partial charge in [0.05, 0.1) is 0 Å². The van der Waals surface area contributed by atoms with E-state index in [1.807, 2.05) is 0 Å². The quantitative estimate of drug-likeness (QED) is 0.711. The van der Waals surface area contributed by atoms with E-state index in [0.717, 1.165) is 25.3 Å². The maximum absolute atomic E-state index is 11.6. The molecule has 0 radical (unpaired) electrons. The summed E-state index contributed by atoms with van der Waals surface area (Å²) in [6.07, 6.45) is 11.5. The molecule has 2 N–H and O–H groups in total. The molecule has 0 atom stereocenters. The number of amides is 2. The van der Waals surface area contributed by atoms with Crippen LogP contribution in [0.2, 0.25) is 0 Å². The van der Waals surface area contributed by atoms with Crippen LogP contribution in [0.4, 0.5) is 4.79 Å². The minimum absolute atomic E-state index is 0.0544. The van der Waals surface area contributed by atoms with Gasteiger partial charge < -0.3 is 10.6 Å². The average molecular weight is 224 g/mol. The summed E-state index contributed by atoms with van der Waals surface area (Å²) in [5.41, 5.74) is 0. The van der Waals surface area contributed by atoms with E-state index in [-0.39, 0.29) is 6.03 Å². The Balaban J connectivity index is 1.60. The molecular weight excluding hydrogens is 200 g/mol. The number of hydrogen-bond donors (Lipinski definition) is 2. The molecule has 0 aromatic rings. The van der Waals surface area contributed by atoms with Crippen molar-refractivity contribution in [3.05, 3.63) is 0 Å². The second-order valence-corrected chi connectivity index (χ2v) is 5.34. The van der Waals surface area contributed by atoms with Crippen LogP contribution in [-0.4, -0.2) is 18.6 Å². The molecule has 0 heterocycles. The molecule has 2 aliphatic rings. The normalized spacial score (nSPS) is 23.2. The third-order valence-corrected chi connectivity index (χ3v) is 3.97.